The summed E-state index contributed by atoms with van der Waals surface area (Å²) in [6, 6.07) is 0. The molecule has 2 N–H and O–H groups in total. The summed E-state index contributed by atoms with van der Waals surface area (Å²) in [5, 5.41) is 20.0. The van der Waals surface area contributed by atoms with E-state index in [2.05, 4.69) is 41.9 Å². The number of aliphatic imine (C=N–C) groups is 2. The van der Waals surface area contributed by atoms with Crippen LogP contribution < -0.4 is 0 Å². The summed E-state index contributed by atoms with van der Waals surface area (Å²) in [6.07, 6.45) is 14.4. The van der Waals surface area contributed by atoms with Gasteiger partial charge >= 0.3 is 12.1 Å². The van der Waals surface area contributed by atoms with Gasteiger partial charge in [0.05, 0.1) is 24.5 Å². The Morgan fingerprint density at radius 3 is 2.35 bits per heavy atom. The molecule has 0 aromatic heterocycles. The summed E-state index contributed by atoms with van der Waals surface area (Å²) in [5.41, 5.74) is 2.28. The largest absolute Gasteiger partial charge is 0.481 e. The first-order valence-electron chi connectivity index (χ1n) is 15.1. The molecule has 0 radical (unpaired) electrons. The Morgan fingerprint density at radius 1 is 1.15 bits per heavy atom. The number of carboxylic acid groups (broad SMARTS) is 1. The molecular formula is C35H46F4N4O3. The molecule has 1 aliphatic carbocycles. The van der Waals surface area contributed by atoms with E-state index in [0.29, 0.717) is 44.8 Å². The minimum atomic E-state index is -4.30. The van der Waals surface area contributed by atoms with Gasteiger partial charge in [-0.25, -0.2) is 4.39 Å². The van der Waals surface area contributed by atoms with Crippen LogP contribution in [0.5, 0.6) is 0 Å². The van der Waals surface area contributed by atoms with Gasteiger partial charge in [0.2, 0.25) is 0 Å². The number of carboxylic acids is 1. The summed E-state index contributed by atoms with van der Waals surface area (Å²) in [6.45, 7) is 16.0. The highest BCUT2D eigenvalue weighted by Gasteiger charge is 2.29. The summed E-state index contributed by atoms with van der Waals surface area (Å²) in [4.78, 5) is 24.8. The fourth-order valence-electron chi connectivity index (χ4n) is 4.51. The standard InChI is InChI=1S/C27H37FN4O3.C5H5F3.C3H4/c1-2-16-31-17-19-32(20-18-31)27(35)22-6-5-14-30-26(21-9-11-23(28)12-10-21)24(29-15-13-22)7-3-4-8-25(33)34;1-3-4(2)5(6,7)8;1-3-2/h2,5-6,9-11,13,23,27,35H,1,3-4,7-8,12,14-20H2,(H,33,34);3H,1-2H2;1H,2H3/b6-5-,22-13+,29-24?,30-26?;;. The molecule has 1 fully saturated rings. The van der Waals surface area contributed by atoms with Gasteiger partial charge in [0.15, 0.2) is 0 Å². The van der Waals surface area contributed by atoms with E-state index < -0.39 is 30.1 Å². The smallest absolute Gasteiger partial charge is 0.415 e. The number of piperazine rings is 1. The minimum absolute atomic E-state index is 0.116. The van der Waals surface area contributed by atoms with E-state index in [1.807, 2.05) is 30.4 Å². The normalized spacial score (nSPS) is 21.5. The first kappa shape index (κ1) is 40.2. The maximum absolute atomic E-state index is 13.6. The van der Waals surface area contributed by atoms with E-state index >= 15 is 0 Å². The van der Waals surface area contributed by atoms with Crippen LogP contribution in [0.15, 0.2) is 95.0 Å². The van der Waals surface area contributed by atoms with E-state index in [1.165, 1.54) is 6.08 Å². The van der Waals surface area contributed by atoms with Crippen molar-refractivity contribution in [3.63, 3.8) is 0 Å². The molecule has 0 bridgehead atoms. The number of aliphatic carboxylic acids is 1. The summed E-state index contributed by atoms with van der Waals surface area (Å²) in [7, 11) is 0. The molecule has 0 amide bonds. The van der Waals surface area contributed by atoms with Crippen LogP contribution in [0.2, 0.25) is 0 Å². The van der Waals surface area contributed by atoms with Crippen LogP contribution in [0.25, 0.3) is 0 Å². The zero-order valence-corrected chi connectivity index (χ0v) is 26.6. The van der Waals surface area contributed by atoms with Crippen LogP contribution in [-0.4, -0.2) is 102 Å². The van der Waals surface area contributed by atoms with Crippen molar-refractivity contribution >= 4 is 17.4 Å². The van der Waals surface area contributed by atoms with Gasteiger partial charge in [-0.2, -0.15) is 13.2 Å². The SMILES string of the molecule is C#CC.C=CC(=C)C(F)(F)F.C=CCN1CCN(C(O)C2=C/CN=C(CCCCC(=O)O)C(C3=CCC(F)C=C3)=NC/C=C\2)CC1. The Morgan fingerprint density at radius 2 is 1.83 bits per heavy atom. The summed E-state index contributed by atoms with van der Waals surface area (Å²) in [5.74, 6) is 1.44. The molecular weight excluding hydrogens is 600 g/mol. The molecule has 46 heavy (non-hydrogen) atoms. The fourth-order valence-corrected chi connectivity index (χ4v) is 4.51. The van der Waals surface area contributed by atoms with Gasteiger partial charge in [-0.1, -0.05) is 55.7 Å². The lowest BCUT2D eigenvalue weighted by atomic mass is 9.95. The highest BCUT2D eigenvalue weighted by Crippen LogP contribution is 2.24. The molecule has 2 aliphatic heterocycles. The van der Waals surface area contributed by atoms with E-state index in [4.69, 9.17) is 15.1 Å². The van der Waals surface area contributed by atoms with Crippen molar-refractivity contribution in [3.05, 3.63) is 85.1 Å². The highest BCUT2D eigenvalue weighted by atomic mass is 19.4. The predicted molar refractivity (Wildman–Crippen MR) is 179 cm³/mol. The number of unbranched alkanes of at least 4 members (excludes halogenated alkanes) is 1. The molecule has 1 saturated heterocycles. The fraction of sp³-hybridized carbons (Fsp3) is 0.457. The molecule has 0 aromatic carbocycles. The quantitative estimate of drug-likeness (QED) is 0.0907. The van der Waals surface area contributed by atoms with Gasteiger partial charge in [0, 0.05) is 51.1 Å². The van der Waals surface area contributed by atoms with Crippen LogP contribution in [0.1, 0.15) is 39.0 Å². The maximum Gasteiger partial charge on any atom is 0.415 e. The zero-order valence-electron chi connectivity index (χ0n) is 26.6. The Labute approximate surface area is 270 Å². The second kappa shape index (κ2) is 21.8. The molecule has 0 saturated carbocycles. The number of rotatable bonds is 11. The molecule has 3 aliphatic rings. The van der Waals surface area contributed by atoms with Crippen LogP contribution in [0.3, 0.4) is 0 Å². The van der Waals surface area contributed by atoms with Crippen LogP contribution >= 0.6 is 0 Å². The lowest BCUT2D eigenvalue weighted by Gasteiger charge is -2.37. The third-order valence-electron chi connectivity index (χ3n) is 6.97. The zero-order chi connectivity index (χ0) is 34.5. The molecule has 3 rings (SSSR count). The van der Waals surface area contributed by atoms with Crippen molar-refractivity contribution in [2.45, 2.75) is 57.6 Å². The molecule has 7 nitrogen and oxygen atoms in total. The molecule has 2 heterocycles. The number of carbonyl (C=O) groups is 1. The van der Waals surface area contributed by atoms with Gasteiger partial charge in [-0.05, 0) is 43.4 Å². The second-order valence-electron chi connectivity index (χ2n) is 10.5. The van der Waals surface area contributed by atoms with Crippen LogP contribution in [-0.2, 0) is 4.79 Å². The van der Waals surface area contributed by atoms with Gasteiger partial charge in [0.1, 0.15) is 12.4 Å². The number of allylic oxidation sites excluding steroid dienone is 6. The molecule has 0 spiro atoms. The number of hydrogen-bond acceptors (Lipinski definition) is 6. The Balaban J connectivity index is 0.000000827. The monoisotopic (exact) mass is 646 g/mol. The van der Waals surface area contributed by atoms with Crippen LogP contribution in [0, 0.1) is 12.3 Å². The third-order valence-corrected chi connectivity index (χ3v) is 6.97. The van der Waals surface area contributed by atoms with Gasteiger partial charge < -0.3 is 10.2 Å². The topological polar surface area (TPSA) is 88.7 Å². The lowest BCUT2D eigenvalue weighted by Crippen LogP contribution is -2.50. The van der Waals surface area contributed by atoms with E-state index in [0.717, 1.165) is 55.3 Å². The van der Waals surface area contributed by atoms with Crippen LogP contribution in [0.4, 0.5) is 17.6 Å². The molecule has 11 heteroatoms. The van der Waals surface area contributed by atoms with Crippen molar-refractivity contribution in [2.75, 3.05) is 45.8 Å². The highest BCUT2D eigenvalue weighted by molar-refractivity contribution is 6.49. The van der Waals surface area contributed by atoms with Crippen molar-refractivity contribution in [2.24, 2.45) is 9.98 Å². The first-order valence-corrected chi connectivity index (χ1v) is 15.1. The molecule has 252 valence electrons. The van der Waals surface area contributed by atoms with E-state index in [9.17, 15) is 27.5 Å². The van der Waals surface area contributed by atoms with Crippen molar-refractivity contribution in [1.82, 2.24) is 9.80 Å². The van der Waals surface area contributed by atoms with Crippen molar-refractivity contribution in [3.8, 4) is 12.3 Å². The number of halogens is 4. The predicted octanol–water partition coefficient (Wildman–Crippen LogP) is 6.29. The van der Waals surface area contributed by atoms with Gasteiger partial charge in [-0.15, -0.1) is 18.9 Å². The Bertz CT molecular complexity index is 1250. The number of alkyl halides is 4. The van der Waals surface area contributed by atoms with Crippen molar-refractivity contribution < 1.29 is 32.6 Å². The summed E-state index contributed by atoms with van der Waals surface area (Å²) < 4.78 is 47.5. The number of nitrogens with zero attached hydrogens (tertiary/aromatic N) is 4. The second-order valence-corrected chi connectivity index (χ2v) is 10.5. The molecule has 2 atom stereocenters. The minimum Gasteiger partial charge on any atom is -0.481 e. The average molecular weight is 647 g/mol. The average Bonchev–Trinajstić information content (AvgIpc) is 3.02. The molecule has 0 aromatic rings. The Hall–Kier alpha value is -3.85. The lowest BCUT2D eigenvalue weighted by molar-refractivity contribution is -0.137. The van der Waals surface area contributed by atoms with E-state index in [1.54, 1.807) is 13.0 Å². The van der Waals surface area contributed by atoms with Crippen molar-refractivity contribution in [1.29, 1.82) is 0 Å². The first-order chi connectivity index (χ1) is 21.9. The van der Waals surface area contributed by atoms with E-state index in [-0.39, 0.29) is 6.42 Å². The number of terminal acetylenes is 1. The third kappa shape index (κ3) is 15.4. The summed E-state index contributed by atoms with van der Waals surface area (Å²) >= 11 is 0. The van der Waals surface area contributed by atoms with Gasteiger partial charge in [0.25, 0.3) is 0 Å². The number of hydrogen-bond donors (Lipinski definition) is 2. The maximum atomic E-state index is 13.6. The van der Waals surface area contributed by atoms with Gasteiger partial charge in [-0.3, -0.25) is 24.6 Å². The number of aliphatic hydroxyl groups excluding tert-OH is 1. The Kier molecular flexibility index (Phi) is 19.0. The number of aliphatic hydroxyl groups is 1. The molecule has 2 unspecified atom stereocenters.